The van der Waals surface area contributed by atoms with E-state index in [1.54, 1.807) is 13.0 Å². The Labute approximate surface area is 239 Å². The molecule has 2 atom stereocenters. The molecule has 3 saturated heterocycles. The standard InChI is InChI=1S/C31H40F4N3O3/c1-19-22(6-2-7-25(19)32)28-24(30(41)38-12-4-8-26(38)31(33,34)35)17-23(20-9-13-37(14-10-20)15-16-39)27(29(28)40)21-5-3-11-36-18-21/h2,6-7,20-21,26,36,39-40H,3-5,8-18H2,1H3/t21?,26-/m0/s1. The van der Waals surface area contributed by atoms with Crippen LogP contribution in [0.25, 0.3) is 5.57 Å². The lowest BCUT2D eigenvalue weighted by Gasteiger charge is -2.42. The molecule has 3 aliphatic heterocycles. The predicted molar refractivity (Wildman–Crippen MR) is 148 cm³/mol. The summed E-state index contributed by atoms with van der Waals surface area (Å²) in [7, 11) is 0. The third-order valence-electron chi connectivity index (χ3n) is 9.40. The molecule has 225 valence electrons. The van der Waals surface area contributed by atoms with Crippen molar-refractivity contribution >= 4 is 11.5 Å². The Hall–Kier alpha value is -2.43. The molecule has 3 heterocycles. The molecule has 0 saturated carbocycles. The molecule has 41 heavy (non-hydrogen) atoms. The summed E-state index contributed by atoms with van der Waals surface area (Å²) in [4.78, 5) is 17.2. The molecule has 4 aliphatic rings. The molecule has 5 rings (SSSR count). The number of aliphatic hydroxyl groups excluding tert-OH is 2. The van der Waals surface area contributed by atoms with Gasteiger partial charge in [-0.25, -0.2) is 4.39 Å². The van der Waals surface area contributed by atoms with Crippen molar-refractivity contribution in [3.05, 3.63) is 58.0 Å². The number of amides is 1. The van der Waals surface area contributed by atoms with Crippen LogP contribution >= 0.6 is 0 Å². The fraction of sp³-hybridized carbons (Fsp3) is 0.613. The van der Waals surface area contributed by atoms with E-state index in [1.165, 1.54) is 12.1 Å². The number of benzene rings is 1. The van der Waals surface area contributed by atoms with Crippen LogP contribution in [0.4, 0.5) is 17.6 Å². The summed E-state index contributed by atoms with van der Waals surface area (Å²) in [6.45, 7) is 5.20. The number of halogens is 4. The molecule has 1 aliphatic carbocycles. The Balaban J connectivity index is 1.63. The van der Waals surface area contributed by atoms with Crippen molar-refractivity contribution in [2.45, 2.75) is 64.1 Å². The lowest BCUT2D eigenvalue weighted by molar-refractivity contribution is -0.181. The number of nitrogens with zero attached hydrogens (tertiary/aromatic N) is 2. The van der Waals surface area contributed by atoms with E-state index in [2.05, 4.69) is 10.2 Å². The topological polar surface area (TPSA) is 76.0 Å². The maximum Gasteiger partial charge on any atom is 0.408 e. The van der Waals surface area contributed by atoms with E-state index in [0.29, 0.717) is 18.7 Å². The number of carbonyl (C=O) groups is 1. The Morgan fingerprint density at radius 1 is 1.07 bits per heavy atom. The van der Waals surface area contributed by atoms with E-state index < -0.39 is 23.9 Å². The summed E-state index contributed by atoms with van der Waals surface area (Å²) in [5.41, 5.74) is 1.64. The Kier molecular flexibility index (Phi) is 9.11. The van der Waals surface area contributed by atoms with Gasteiger partial charge in [0.05, 0.1) is 6.61 Å². The molecule has 1 aromatic rings. The summed E-state index contributed by atoms with van der Waals surface area (Å²) in [5, 5.41) is 24.9. The second-order valence-corrected chi connectivity index (χ2v) is 11.8. The molecular weight excluding hydrogens is 538 g/mol. The van der Waals surface area contributed by atoms with Crippen molar-refractivity contribution < 1.29 is 32.6 Å². The number of piperidine rings is 2. The third kappa shape index (κ3) is 6.06. The van der Waals surface area contributed by atoms with Crippen molar-refractivity contribution in [3.8, 4) is 0 Å². The number of hydrogen-bond donors (Lipinski definition) is 3. The van der Waals surface area contributed by atoms with Gasteiger partial charge in [0.25, 0.3) is 5.91 Å². The van der Waals surface area contributed by atoms with Crippen molar-refractivity contribution in [3.63, 3.8) is 0 Å². The van der Waals surface area contributed by atoms with Crippen LogP contribution in [-0.2, 0) is 4.79 Å². The fourth-order valence-electron chi connectivity index (χ4n) is 7.24. The molecule has 1 amide bonds. The highest BCUT2D eigenvalue weighted by Crippen LogP contribution is 2.50. The number of aliphatic hydroxyl groups is 2. The largest absolute Gasteiger partial charge is 0.507 e. The van der Waals surface area contributed by atoms with Crippen molar-refractivity contribution in [1.82, 2.24) is 15.1 Å². The normalized spacial score (nSPS) is 25.9. The zero-order valence-electron chi connectivity index (χ0n) is 23.6. The van der Waals surface area contributed by atoms with Crippen LogP contribution in [0.1, 0.15) is 56.1 Å². The summed E-state index contributed by atoms with van der Waals surface area (Å²) < 4.78 is 56.7. The predicted octanol–water partition coefficient (Wildman–Crippen LogP) is 4.94. The molecule has 0 aromatic heterocycles. The van der Waals surface area contributed by atoms with Gasteiger partial charge < -0.3 is 25.3 Å². The first-order valence-corrected chi connectivity index (χ1v) is 14.8. The van der Waals surface area contributed by atoms with E-state index >= 15 is 0 Å². The number of alkyl halides is 3. The molecule has 0 spiro atoms. The number of likely N-dealkylation sites (tertiary alicyclic amines) is 2. The van der Waals surface area contributed by atoms with Crippen molar-refractivity contribution in [2.75, 3.05) is 45.9 Å². The minimum Gasteiger partial charge on any atom is -0.507 e. The van der Waals surface area contributed by atoms with Gasteiger partial charge >= 0.3 is 6.18 Å². The van der Waals surface area contributed by atoms with Crippen LogP contribution in [0.2, 0.25) is 0 Å². The van der Waals surface area contributed by atoms with Gasteiger partial charge in [-0.1, -0.05) is 12.1 Å². The average Bonchev–Trinajstić information content (AvgIpc) is 3.46. The van der Waals surface area contributed by atoms with Gasteiger partial charge in [-0.15, -0.1) is 0 Å². The maximum absolute atomic E-state index is 14.8. The van der Waals surface area contributed by atoms with Crippen LogP contribution in [0.3, 0.4) is 0 Å². The van der Waals surface area contributed by atoms with E-state index in [0.717, 1.165) is 61.7 Å². The highest BCUT2D eigenvalue weighted by Gasteiger charge is 2.50. The quantitative estimate of drug-likeness (QED) is 0.418. The summed E-state index contributed by atoms with van der Waals surface area (Å²) in [6.07, 6.45) is -1.07. The number of rotatable bonds is 6. The van der Waals surface area contributed by atoms with Crippen LogP contribution in [0.15, 0.2) is 35.1 Å². The molecule has 3 N–H and O–H groups in total. The van der Waals surface area contributed by atoms with Gasteiger partial charge in [-0.2, -0.15) is 13.2 Å². The molecule has 1 unspecified atom stereocenters. The van der Waals surface area contributed by atoms with Gasteiger partial charge in [0, 0.05) is 36.7 Å². The minimum absolute atomic E-state index is 0.0132. The van der Waals surface area contributed by atoms with Crippen LogP contribution in [-0.4, -0.2) is 84.0 Å². The molecule has 1 aromatic carbocycles. The molecular formula is C31H40F4N3O3. The first-order valence-electron chi connectivity index (χ1n) is 14.8. The lowest BCUT2D eigenvalue weighted by Crippen LogP contribution is -2.46. The summed E-state index contributed by atoms with van der Waals surface area (Å²) in [5.74, 6) is -0.397. The molecule has 10 heteroatoms. The van der Waals surface area contributed by atoms with E-state index in [4.69, 9.17) is 0 Å². The first kappa shape index (κ1) is 30.0. The molecule has 6 nitrogen and oxygen atoms in total. The van der Waals surface area contributed by atoms with Gasteiger partial charge in [-0.05, 0) is 106 Å². The van der Waals surface area contributed by atoms with E-state index in [-0.39, 0.29) is 66.7 Å². The average molecular weight is 579 g/mol. The lowest BCUT2D eigenvalue weighted by atomic mass is 9.66. The van der Waals surface area contributed by atoms with Crippen LogP contribution in [0, 0.1) is 30.5 Å². The monoisotopic (exact) mass is 578 g/mol. The van der Waals surface area contributed by atoms with Crippen molar-refractivity contribution in [1.29, 1.82) is 0 Å². The number of β-amino-alcohol motifs (C(OH)–C–C–N with tert-alkyl or cyclic N) is 1. The third-order valence-corrected chi connectivity index (χ3v) is 9.40. The smallest absolute Gasteiger partial charge is 0.408 e. The second-order valence-electron chi connectivity index (χ2n) is 11.8. The number of carbonyl (C=O) groups excluding carboxylic acids is 1. The van der Waals surface area contributed by atoms with Gasteiger partial charge in [-0.3, -0.25) is 4.79 Å². The van der Waals surface area contributed by atoms with E-state index in [1.807, 2.05) is 0 Å². The SMILES string of the molecule is Cc1c(F)cccc1C1=C(C(=O)N2CCC[C@H]2C(F)(F)F)C[C](C2CCN(CCO)CC2)C(C2CCCNC2)=C1O. The van der Waals surface area contributed by atoms with Gasteiger partial charge in [0.15, 0.2) is 0 Å². The summed E-state index contributed by atoms with van der Waals surface area (Å²) >= 11 is 0. The van der Waals surface area contributed by atoms with E-state index in [9.17, 15) is 32.6 Å². The Morgan fingerprint density at radius 2 is 1.83 bits per heavy atom. The van der Waals surface area contributed by atoms with Crippen LogP contribution in [0.5, 0.6) is 0 Å². The van der Waals surface area contributed by atoms with Crippen molar-refractivity contribution in [2.24, 2.45) is 11.8 Å². The number of allylic oxidation sites excluding steroid dienone is 1. The van der Waals surface area contributed by atoms with Crippen LogP contribution < -0.4 is 5.32 Å². The Morgan fingerprint density at radius 3 is 2.49 bits per heavy atom. The minimum atomic E-state index is -4.56. The molecule has 3 fully saturated rings. The number of nitrogens with one attached hydrogen (secondary N) is 1. The highest BCUT2D eigenvalue weighted by molar-refractivity contribution is 6.06. The molecule has 1 radical (unpaired) electrons. The number of hydrogen-bond acceptors (Lipinski definition) is 5. The first-order chi connectivity index (χ1) is 19.6. The molecule has 0 bridgehead atoms. The second kappa shape index (κ2) is 12.4. The van der Waals surface area contributed by atoms with Gasteiger partial charge in [0.2, 0.25) is 0 Å². The zero-order valence-corrected chi connectivity index (χ0v) is 23.6. The Bertz CT molecular complexity index is 1180. The maximum atomic E-state index is 14.8. The fourth-order valence-corrected chi connectivity index (χ4v) is 7.24. The summed E-state index contributed by atoms with van der Waals surface area (Å²) in [6, 6.07) is 2.57. The van der Waals surface area contributed by atoms with Gasteiger partial charge in [0.1, 0.15) is 17.6 Å². The zero-order chi connectivity index (χ0) is 29.3. The highest BCUT2D eigenvalue weighted by atomic mass is 19.4.